The van der Waals surface area contributed by atoms with Crippen LogP contribution in [0.5, 0.6) is 0 Å². The number of likely N-dealkylation sites (tertiary alicyclic amines) is 1. The molecule has 0 spiro atoms. The summed E-state index contributed by atoms with van der Waals surface area (Å²) in [5, 5.41) is 2.86. The molecule has 2 unspecified atom stereocenters. The summed E-state index contributed by atoms with van der Waals surface area (Å²) in [6.45, 7) is 9.26. The number of carbonyl (C=O) groups is 2. The third-order valence-electron chi connectivity index (χ3n) is 5.06. The highest BCUT2D eigenvalue weighted by atomic mass is 16.5. The topological polar surface area (TPSA) is 67.9 Å². The van der Waals surface area contributed by atoms with Crippen molar-refractivity contribution < 1.29 is 19.1 Å². The summed E-state index contributed by atoms with van der Waals surface area (Å²) in [5.74, 6) is 0.524. The van der Waals surface area contributed by atoms with Crippen molar-refractivity contribution in [3.8, 4) is 0 Å². The van der Waals surface area contributed by atoms with E-state index in [9.17, 15) is 9.59 Å². The maximum absolute atomic E-state index is 12.1. The molecule has 1 aliphatic rings. The van der Waals surface area contributed by atoms with Crippen LogP contribution in [-0.4, -0.2) is 62.3 Å². The second-order valence-electron chi connectivity index (χ2n) is 7.05. The molecule has 0 bridgehead atoms. The van der Waals surface area contributed by atoms with Gasteiger partial charge in [0.1, 0.15) is 0 Å². The number of ether oxygens (including phenoxy) is 2. The van der Waals surface area contributed by atoms with E-state index in [4.69, 9.17) is 9.47 Å². The van der Waals surface area contributed by atoms with Gasteiger partial charge in [-0.25, -0.2) is 0 Å². The highest BCUT2D eigenvalue weighted by molar-refractivity contribution is 5.94. The molecule has 6 heteroatoms. The molecule has 1 aliphatic heterocycles. The van der Waals surface area contributed by atoms with Gasteiger partial charge in [-0.05, 0) is 36.5 Å². The highest BCUT2D eigenvalue weighted by Gasteiger charge is 2.24. The van der Waals surface area contributed by atoms with E-state index in [-0.39, 0.29) is 17.9 Å². The molecule has 1 aromatic rings. The van der Waals surface area contributed by atoms with Gasteiger partial charge in [0.2, 0.25) is 5.91 Å². The number of carbonyl (C=O) groups excluding carboxylic acids is 2. The third kappa shape index (κ3) is 6.96. The lowest BCUT2D eigenvalue weighted by molar-refractivity contribution is -0.128. The lowest BCUT2D eigenvalue weighted by Crippen LogP contribution is -2.29. The van der Waals surface area contributed by atoms with Gasteiger partial charge in [-0.1, -0.05) is 26.0 Å². The van der Waals surface area contributed by atoms with E-state index in [2.05, 4.69) is 19.2 Å². The standard InChI is InChI=1S/C21H32N2O4/c1-4-16(2)18-5-7-19(8-6-18)21(25)22-10-12-26-13-14-27-20-9-11-23(15-20)17(3)24/h5-8,16,20H,4,9-15H2,1-3H3,(H,22,25). The van der Waals surface area contributed by atoms with Gasteiger partial charge in [-0.2, -0.15) is 0 Å². The van der Waals surface area contributed by atoms with Crippen molar-refractivity contribution in [3.05, 3.63) is 35.4 Å². The summed E-state index contributed by atoms with van der Waals surface area (Å²) in [6, 6.07) is 7.79. The second kappa shape index (κ2) is 11.0. The van der Waals surface area contributed by atoms with Gasteiger partial charge in [-0.3, -0.25) is 9.59 Å². The number of amides is 2. The SMILES string of the molecule is CCC(C)c1ccc(C(=O)NCCOCCOC2CCN(C(C)=O)C2)cc1. The number of hydrogen-bond donors (Lipinski definition) is 1. The summed E-state index contributed by atoms with van der Waals surface area (Å²) in [5.41, 5.74) is 1.92. The fraction of sp³-hybridized carbons (Fsp3) is 0.619. The minimum atomic E-state index is -0.0826. The molecule has 2 amide bonds. The monoisotopic (exact) mass is 376 g/mol. The summed E-state index contributed by atoms with van der Waals surface area (Å²) < 4.78 is 11.2. The number of nitrogens with one attached hydrogen (secondary N) is 1. The molecular weight excluding hydrogens is 344 g/mol. The van der Waals surface area contributed by atoms with Crippen molar-refractivity contribution in [1.82, 2.24) is 10.2 Å². The normalized spacial score (nSPS) is 17.7. The van der Waals surface area contributed by atoms with Crippen LogP contribution >= 0.6 is 0 Å². The largest absolute Gasteiger partial charge is 0.377 e. The maximum atomic E-state index is 12.1. The Bertz CT molecular complexity index is 603. The summed E-state index contributed by atoms with van der Waals surface area (Å²) in [4.78, 5) is 25.2. The van der Waals surface area contributed by atoms with Gasteiger partial charge in [0.15, 0.2) is 0 Å². The molecule has 0 aromatic heterocycles. The molecule has 150 valence electrons. The van der Waals surface area contributed by atoms with Crippen LogP contribution in [0, 0.1) is 0 Å². The smallest absolute Gasteiger partial charge is 0.251 e. The highest BCUT2D eigenvalue weighted by Crippen LogP contribution is 2.18. The van der Waals surface area contributed by atoms with E-state index in [1.807, 2.05) is 24.3 Å². The molecule has 1 fully saturated rings. The van der Waals surface area contributed by atoms with Crippen molar-refractivity contribution in [1.29, 1.82) is 0 Å². The van der Waals surface area contributed by atoms with E-state index in [1.165, 1.54) is 5.56 Å². The minimum absolute atomic E-state index is 0.0826. The van der Waals surface area contributed by atoms with Crippen molar-refractivity contribution in [3.63, 3.8) is 0 Å². The molecule has 1 heterocycles. The molecule has 2 atom stereocenters. The van der Waals surface area contributed by atoms with E-state index in [0.29, 0.717) is 44.4 Å². The van der Waals surface area contributed by atoms with Gasteiger partial charge >= 0.3 is 0 Å². The molecule has 1 N–H and O–H groups in total. The molecule has 1 aromatic carbocycles. The van der Waals surface area contributed by atoms with Crippen LogP contribution in [-0.2, 0) is 14.3 Å². The predicted octanol–water partition coefficient (Wildman–Crippen LogP) is 2.58. The van der Waals surface area contributed by atoms with Crippen LogP contribution in [0.25, 0.3) is 0 Å². The van der Waals surface area contributed by atoms with E-state index < -0.39 is 0 Å². The first kappa shape index (κ1) is 21.4. The molecule has 27 heavy (non-hydrogen) atoms. The first-order chi connectivity index (χ1) is 13.0. The van der Waals surface area contributed by atoms with Gasteiger partial charge in [0, 0.05) is 32.1 Å². The average molecular weight is 376 g/mol. The summed E-state index contributed by atoms with van der Waals surface area (Å²) >= 11 is 0. The van der Waals surface area contributed by atoms with Crippen molar-refractivity contribution in [2.45, 2.75) is 45.6 Å². The van der Waals surface area contributed by atoms with Crippen LogP contribution in [0.15, 0.2) is 24.3 Å². The van der Waals surface area contributed by atoms with E-state index >= 15 is 0 Å². The van der Waals surface area contributed by atoms with Crippen molar-refractivity contribution in [2.24, 2.45) is 0 Å². The van der Waals surface area contributed by atoms with Crippen LogP contribution in [0.1, 0.15) is 55.5 Å². The Morgan fingerprint density at radius 3 is 2.59 bits per heavy atom. The van der Waals surface area contributed by atoms with Crippen LogP contribution < -0.4 is 5.32 Å². The van der Waals surface area contributed by atoms with E-state index in [0.717, 1.165) is 19.4 Å². The molecule has 1 saturated heterocycles. The molecule has 6 nitrogen and oxygen atoms in total. The first-order valence-corrected chi connectivity index (χ1v) is 9.84. The number of hydrogen-bond acceptors (Lipinski definition) is 4. The fourth-order valence-corrected chi connectivity index (χ4v) is 3.06. The minimum Gasteiger partial charge on any atom is -0.377 e. The van der Waals surface area contributed by atoms with Crippen LogP contribution in [0.4, 0.5) is 0 Å². The van der Waals surface area contributed by atoms with Crippen molar-refractivity contribution >= 4 is 11.8 Å². The van der Waals surface area contributed by atoms with Gasteiger partial charge in [0.25, 0.3) is 5.91 Å². The molecule has 0 radical (unpaired) electrons. The van der Waals surface area contributed by atoms with Gasteiger partial charge in [-0.15, -0.1) is 0 Å². The Labute approximate surface area is 162 Å². The lowest BCUT2D eigenvalue weighted by atomic mass is 9.97. The Morgan fingerprint density at radius 1 is 1.22 bits per heavy atom. The van der Waals surface area contributed by atoms with Gasteiger partial charge < -0.3 is 19.7 Å². The summed E-state index contributed by atoms with van der Waals surface area (Å²) in [6.07, 6.45) is 2.07. The van der Waals surface area contributed by atoms with E-state index in [1.54, 1.807) is 11.8 Å². The Kier molecular flexibility index (Phi) is 8.75. The third-order valence-corrected chi connectivity index (χ3v) is 5.06. The zero-order valence-corrected chi connectivity index (χ0v) is 16.7. The van der Waals surface area contributed by atoms with Crippen molar-refractivity contribution in [2.75, 3.05) is 39.5 Å². The zero-order chi connectivity index (χ0) is 19.6. The maximum Gasteiger partial charge on any atom is 0.251 e. The van der Waals surface area contributed by atoms with Gasteiger partial charge in [0.05, 0.1) is 25.9 Å². The van der Waals surface area contributed by atoms with Crippen LogP contribution in [0.3, 0.4) is 0 Å². The molecule has 0 saturated carbocycles. The second-order valence-corrected chi connectivity index (χ2v) is 7.05. The number of benzene rings is 1. The predicted molar refractivity (Wildman–Crippen MR) is 105 cm³/mol. The lowest BCUT2D eigenvalue weighted by Gasteiger charge is -2.14. The Morgan fingerprint density at radius 2 is 1.96 bits per heavy atom. The molecular formula is C21H32N2O4. The fourth-order valence-electron chi connectivity index (χ4n) is 3.06. The Hall–Kier alpha value is -1.92. The average Bonchev–Trinajstić information content (AvgIpc) is 3.16. The quantitative estimate of drug-likeness (QED) is 0.638. The zero-order valence-electron chi connectivity index (χ0n) is 16.7. The Balaban J connectivity index is 1.54. The number of nitrogens with zero attached hydrogens (tertiary/aromatic N) is 1. The summed E-state index contributed by atoms with van der Waals surface area (Å²) in [7, 11) is 0. The molecule has 0 aliphatic carbocycles. The van der Waals surface area contributed by atoms with Crippen LogP contribution in [0.2, 0.25) is 0 Å². The molecule has 2 rings (SSSR count). The number of rotatable bonds is 10. The first-order valence-electron chi connectivity index (χ1n) is 9.84.